The summed E-state index contributed by atoms with van der Waals surface area (Å²) in [5, 5.41) is 0. The standard InChI is InChI=1S/C11H14O2/c1-5-11(6-2)12-7-10(8-13-11)9(3)4/h1-2,9-10H,7-8H2,3-4H3. The molecule has 0 saturated carbocycles. The minimum atomic E-state index is -1.22. The molecule has 0 atom stereocenters. The highest BCUT2D eigenvalue weighted by molar-refractivity contribution is 5.20. The minimum Gasteiger partial charge on any atom is -0.329 e. The lowest BCUT2D eigenvalue weighted by Crippen LogP contribution is -2.43. The average Bonchev–Trinajstić information content (AvgIpc) is 2.18. The van der Waals surface area contributed by atoms with Gasteiger partial charge in [-0.05, 0) is 17.8 Å². The molecule has 1 aliphatic heterocycles. The molecule has 1 fully saturated rings. The van der Waals surface area contributed by atoms with Crippen LogP contribution in [-0.2, 0) is 9.47 Å². The summed E-state index contributed by atoms with van der Waals surface area (Å²) in [5.74, 6) is 4.38. The lowest BCUT2D eigenvalue weighted by Gasteiger charge is -2.34. The third kappa shape index (κ3) is 2.04. The Hall–Kier alpha value is -0.960. The number of terminal acetylenes is 2. The predicted molar refractivity (Wildman–Crippen MR) is 50.6 cm³/mol. The van der Waals surface area contributed by atoms with Gasteiger partial charge < -0.3 is 9.47 Å². The van der Waals surface area contributed by atoms with Gasteiger partial charge in [0.1, 0.15) is 0 Å². The maximum Gasteiger partial charge on any atom is 0.300 e. The first kappa shape index (κ1) is 10.1. The van der Waals surface area contributed by atoms with Crippen molar-refractivity contribution in [3.8, 4) is 24.7 Å². The van der Waals surface area contributed by atoms with E-state index in [9.17, 15) is 0 Å². The molecule has 2 heteroatoms. The largest absolute Gasteiger partial charge is 0.329 e. The summed E-state index contributed by atoms with van der Waals surface area (Å²) in [6, 6.07) is 0. The zero-order valence-electron chi connectivity index (χ0n) is 8.04. The van der Waals surface area contributed by atoms with Crippen LogP contribution in [0.5, 0.6) is 0 Å². The molecule has 0 radical (unpaired) electrons. The van der Waals surface area contributed by atoms with E-state index in [0.717, 1.165) is 0 Å². The minimum absolute atomic E-state index is 0.384. The molecule has 0 aliphatic carbocycles. The van der Waals surface area contributed by atoms with Gasteiger partial charge >= 0.3 is 0 Å². The number of rotatable bonds is 1. The molecule has 0 spiro atoms. The summed E-state index contributed by atoms with van der Waals surface area (Å²) in [6.07, 6.45) is 10.5. The summed E-state index contributed by atoms with van der Waals surface area (Å²) in [5.41, 5.74) is 0. The number of hydrogen-bond donors (Lipinski definition) is 0. The Morgan fingerprint density at radius 1 is 1.23 bits per heavy atom. The van der Waals surface area contributed by atoms with Crippen molar-refractivity contribution in [2.24, 2.45) is 11.8 Å². The molecule has 0 unspecified atom stereocenters. The smallest absolute Gasteiger partial charge is 0.300 e. The fraction of sp³-hybridized carbons (Fsp3) is 0.636. The molecule has 1 aliphatic rings. The van der Waals surface area contributed by atoms with E-state index in [0.29, 0.717) is 25.0 Å². The van der Waals surface area contributed by atoms with Crippen LogP contribution in [0, 0.1) is 36.5 Å². The molecule has 0 N–H and O–H groups in total. The van der Waals surface area contributed by atoms with E-state index < -0.39 is 5.79 Å². The van der Waals surface area contributed by atoms with Gasteiger partial charge in [0.2, 0.25) is 0 Å². The number of hydrogen-bond acceptors (Lipinski definition) is 2. The van der Waals surface area contributed by atoms with Crippen LogP contribution in [0.25, 0.3) is 0 Å². The fourth-order valence-corrected chi connectivity index (χ4v) is 1.13. The van der Waals surface area contributed by atoms with Crippen LogP contribution in [0.15, 0.2) is 0 Å². The van der Waals surface area contributed by atoms with Crippen molar-refractivity contribution in [3.05, 3.63) is 0 Å². The van der Waals surface area contributed by atoms with E-state index in [4.69, 9.17) is 22.3 Å². The third-order valence-corrected chi connectivity index (χ3v) is 2.32. The molecule has 70 valence electrons. The highest BCUT2D eigenvalue weighted by Crippen LogP contribution is 2.24. The fourth-order valence-electron chi connectivity index (χ4n) is 1.13. The van der Waals surface area contributed by atoms with Gasteiger partial charge in [-0.15, -0.1) is 12.8 Å². The van der Waals surface area contributed by atoms with Crippen LogP contribution >= 0.6 is 0 Å². The molecule has 1 rings (SSSR count). The average molecular weight is 178 g/mol. The van der Waals surface area contributed by atoms with Crippen molar-refractivity contribution >= 4 is 0 Å². The van der Waals surface area contributed by atoms with Crippen molar-refractivity contribution in [1.29, 1.82) is 0 Å². The predicted octanol–water partition coefficient (Wildman–Crippen LogP) is 1.27. The van der Waals surface area contributed by atoms with Gasteiger partial charge in [-0.3, -0.25) is 0 Å². The summed E-state index contributed by atoms with van der Waals surface area (Å²) in [7, 11) is 0. The third-order valence-electron chi connectivity index (χ3n) is 2.32. The van der Waals surface area contributed by atoms with Crippen molar-refractivity contribution in [1.82, 2.24) is 0 Å². The Kier molecular flexibility index (Phi) is 2.98. The van der Waals surface area contributed by atoms with Gasteiger partial charge in [0.05, 0.1) is 13.2 Å². The van der Waals surface area contributed by atoms with Crippen molar-refractivity contribution in [3.63, 3.8) is 0 Å². The molecule has 0 aromatic carbocycles. The van der Waals surface area contributed by atoms with E-state index in [-0.39, 0.29) is 0 Å². The zero-order valence-corrected chi connectivity index (χ0v) is 8.04. The number of ether oxygens (including phenoxy) is 2. The van der Waals surface area contributed by atoms with Gasteiger partial charge in [-0.25, -0.2) is 0 Å². The lowest BCUT2D eigenvalue weighted by atomic mass is 9.96. The summed E-state index contributed by atoms with van der Waals surface area (Å²) >= 11 is 0. The Balaban J connectivity index is 2.58. The quantitative estimate of drug-likeness (QED) is 0.563. The lowest BCUT2D eigenvalue weighted by molar-refractivity contribution is -0.219. The van der Waals surface area contributed by atoms with E-state index in [1.165, 1.54) is 0 Å². The zero-order chi connectivity index (χ0) is 9.90. The van der Waals surface area contributed by atoms with Gasteiger partial charge in [0.15, 0.2) is 0 Å². The second kappa shape index (κ2) is 3.83. The van der Waals surface area contributed by atoms with Crippen molar-refractivity contribution in [2.75, 3.05) is 13.2 Å². The van der Waals surface area contributed by atoms with Gasteiger partial charge in [0.25, 0.3) is 5.79 Å². The van der Waals surface area contributed by atoms with E-state index in [1.807, 2.05) is 0 Å². The van der Waals surface area contributed by atoms with E-state index >= 15 is 0 Å². The van der Waals surface area contributed by atoms with Crippen LogP contribution in [0.4, 0.5) is 0 Å². The van der Waals surface area contributed by atoms with Crippen molar-refractivity contribution in [2.45, 2.75) is 19.6 Å². The van der Waals surface area contributed by atoms with Crippen LogP contribution < -0.4 is 0 Å². The maximum absolute atomic E-state index is 5.34. The highest BCUT2D eigenvalue weighted by atomic mass is 16.7. The molecule has 0 aromatic rings. The topological polar surface area (TPSA) is 18.5 Å². The van der Waals surface area contributed by atoms with Crippen LogP contribution in [0.2, 0.25) is 0 Å². The van der Waals surface area contributed by atoms with Gasteiger partial charge in [-0.2, -0.15) is 0 Å². The molecular weight excluding hydrogens is 164 g/mol. The summed E-state index contributed by atoms with van der Waals surface area (Å²) < 4.78 is 10.7. The Morgan fingerprint density at radius 3 is 2.00 bits per heavy atom. The van der Waals surface area contributed by atoms with Gasteiger partial charge in [0, 0.05) is 5.92 Å². The molecular formula is C11H14O2. The van der Waals surface area contributed by atoms with Crippen LogP contribution in [0.1, 0.15) is 13.8 Å². The Bertz CT molecular complexity index is 230. The second-order valence-corrected chi connectivity index (χ2v) is 3.53. The SMILES string of the molecule is C#CC1(C#C)OCC(C(C)C)CO1. The molecule has 1 saturated heterocycles. The Labute approximate surface area is 79.6 Å². The van der Waals surface area contributed by atoms with E-state index in [2.05, 4.69) is 25.7 Å². The normalized spacial score (nSPS) is 22.2. The summed E-state index contributed by atoms with van der Waals surface area (Å²) in [4.78, 5) is 0. The molecule has 0 aromatic heterocycles. The van der Waals surface area contributed by atoms with Gasteiger partial charge in [-0.1, -0.05) is 13.8 Å². The molecule has 0 amide bonds. The van der Waals surface area contributed by atoms with Crippen LogP contribution in [-0.4, -0.2) is 19.0 Å². The molecule has 1 heterocycles. The Morgan fingerprint density at radius 2 is 1.69 bits per heavy atom. The molecule has 2 nitrogen and oxygen atoms in total. The first-order chi connectivity index (χ1) is 6.13. The van der Waals surface area contributed by atoms with Crippen molar-refractivity contribution < 1.29 is 9.47 Å². The highest BCUT2D eigenvalue weighted by Gasteiger charge is 2.34. The van der Waals surface area contributed by atoms with Crippen LogP contribution in [0.3, 0.4) is 0 Å². The first-order valence-electron chi connectivity index (χ1n) is 4.37. The maximum atomic E-state index is 5.34. The molecule has 0 bridgehead atoms. The van der Waals surface area contributed by atoms with E-state index in [1.54, 1.807) is 0 Å². The summed E-state index contributed by atoms with van der Waals surface area (Å²) in [6.45, 7) is 5.39. The first-order valence-corrected chi connectivity index (χ1v) is 4.37. The second-order valence-electron chi connectivity index (χ2n) is 3.53. The molecule has 13 heavy (non-hydrogen) atoms. The monoisotopic (exact) mass is 178 g/mol.